The number of hydrogen-bond acceptors (Lipinski definition) is 6. The largest absolute Gasteiger partial charge is 0.389 e. The first-order chi connectivity index (χ1) is 14.1. The molecule has 3 heterocycles. The summed E-state index contributed by atoms with van der Waals surface area (Å²) in [6, 6.07) is 5.65. The minimum absolute atomic E-state index is 0.0197. The number of hydrogen-bond donors (Lipinski definition) is 3. The summed E-state index contributed by atoms with van der Waals surface area (Å²) >= 11 is 6.43. The maximum Gasteiger partial charge on any atom is 0.251 e. The summed E-state index contributed by atoms with van der Waals surface area (Å²) < 4.78 is 5.27. The van der Waals surface area contributed by atoms with E-state index in [0.717, 1.165) is 29.5 Å². The summed E-state index contributed by atoms with van der Waals surface area (Å²) in [7, 11) is 0. The van der Waals surface area contributed by atoms with E-state index < -0.39 is 6.10 Å². The predicted molar refractivity (Wildman–Crippen MR) is 109 cm³/mol. The van der Waals surface area contributed by atoms with E-state index in [4.69, 9.17) is 16.3 Å². The second-order valence-corrected chi connectivity index (χ2v) is 8.56. The fourth-order valence-corrected chi connectivity index (χ4v) is 4.71. The van der Waals surface area contributed by atoms with Crippen LogP contribution in [0.2, 0.25) is 5.02 Å². The number of benzene rings is 1. The molecule has 7 nitrogen and oxygen atoms in total. The normalized spacial score (nSPS) is 25.1. The molecule has 0 bridgehead atoms. The molecule has 2 fully saturated rings. The Hall–Kier alpha value is -2.22. The van der Waals surface area contributed by atoms with Crippen LogP contribution in [0.25, 0.3) is 11.3 Å². The van der Waals surface area contributed by atoms with Crippen molar-refractivity contribution in [3.05, 3.63) is 40.5 Å². The predicted octanol–water partition coefficient (Wildman–Crippen LogP) is 2.52. The first-order valence-corrected chi connectivity index (χ1v) is 10.4. The number of rotatable bonds is 3. The van der Waals surface area contributed by atoms with Gasteiger partial charge in [-0.25, -0.2) is 9.97 Å². The van der Waals surface area contributed by atoms with Gasteiger partial charge in [-0.3, -0.25) is 4.79 Å². The summed E-state index contributed by atoms with van der Waals surface area (Å²) in [5, 5.41) is 16.8. The summed E-state index contributed by atoms with van der Waals surface area (Å²) in [5.74, 6) is 0.401. The van der Waals surface area contributed by atoms with Crippen LogP contribution >= 0.6 is 11.6 Å². The lowest BCUT2D eigenvalue weighted by atomic mass is 9.61. The zero-order chi connectivity index (χ0) is 20.0. The van der Waals surface area contributed by atoms with Crippen molar-refractivity contribution in [1.29, 1.82) is 0 Å². The molecule has 3 N–H and O–H groups in total. The summed E-state index contributed by atoms with van der Waals surface area (Å²) in [6.07, 6.45) is 4.98. The van der Waals surface area contributed by atoms with E-state index in [0.29, 0.717) is 42.8 Å². The number of carbonyl (C=O) groups excluding carboxylic acids is 1. The first kappa shape index (κ1) is 18.8. The Morgan fingerprint density at radius 1 is 1.34 bits per heavy atom. The first-order valence-electron chi connectivity index (χ1n) is 10.0. The molecular formula is C21H23ClN4O3. The van der Waals surface area contributed by atoms with Crippen LogP contribution < -0.4 is 10.6 Å². The summed E-state index contributed by atoms with van der Waals surface area (Å²) in [5.41, 5.74) is 3.36. The molecule has 1 aromatic carbocycles. The second-order valence-electron chi connectivity index (χ2n) is 8.15. The second kappa shape index (κ2) is 7.23. The van der Waals surface area contributed by atoms with Gasteiger partial charge in [-0.1, -0.05) is 24.1 Å². The minimum atomic E-state index is -0.604. The molecule has 1 saturated heterocycles. The molecule has 2 aliphatic heterocycles. The van der Waals surface area contributed by atoms with Crippen molar-refractivity contribution in [3.8, 4) is 11.3 Å². The Bertz CT molecular complexity index is 963. The molecule has 1 amide bonds. The topological polar surface area (TPSA) is 96.4 Å². The number of aliphatic hydroxyl groups is 1. The van der Waals surface area contributed by atoms with Crippen LogP contribution in [0.4, 0.5) is 5.95 Å². The number of nitrogens with one attached hydrogen (secondary N) is 2. The molecule has 3 aliphatic rings. The third-order valence-corrected chi connectivity index (χ3v) is 6.67. The zero-order valence-electron chi connectivity index (χ0n) is 15.9. The van der Waals surface area contributed by atoms with E-state index in [9.17, 15) is 9.90 Å². The van der Waals surface area contributed by atoms with Gasteiger partial charge in [-0.15, -0.1) is 0 Å². The van der Waals surface area contributed by atoms with Gasteiger partial charge in [0.25, 0.3) is 5.91 Å². The van der Waals surface area contributed by atoms with Crippen molar-refractivity contribution < 1.29 is 14.6 Å². The van der Waals surface area contributed by atoms with Gasteiger partial charge in [-0.2, -0.15) is 0 Å². The summed E-state index contributed by atoms with van der Waals surface area (Å²) in [6.45, 7) is 1.57. The Labute approximate surface area is 173 Å². The highest BCUT2D eigenvalue weighted by atomic mass is 35.5. The quantitative estimate of drug-likeness (QED) is 0.714. The van der Waals surface area contributed by atoms with Crippen LogP contribution in [0.5, 0.6) is 0 Å². The van der Waals surface area contributed by atoms with E-state index in [-0.39, 0.29) is 17.4 Å². The van der Waals surface area contributed by atoms with E-state index in [1.807, 2.05) is 12.1 Å². The maximum atomic E-state index is 12.3. The van der Waals surface area contributed by atoms with E-state index in [1.54, 1.807) is 6.20 Å². The van der Waals surface area contributed by atoms with Crippen LogP contribution in [0.15, 0.2) is 24.4 Å². The highest BCUT2D eigenvalue weighted by Crippen LogP contribution is 2.47. The molecule has 0 radical (unpaired) electrons. The van der Waals surface area contributed by atoms with Gasteiger partial charge in [0.05, 0.1) is 35.7 Å². The third-order valence-electron chi connectivity index (χ3n) is 6.39. The molecule has 2 aromatic rings. The lowest BCUT2D eigenvalue weighted by Gasteiger charge is -2.46. The lowest BCUT2D eigenvalue weighted by molar-refractivity contribution is -0.0136. The Kier molecular flexibility index (Phi) is 4.69. The number of ether oxygens (including phenoxy) is 1. The van der Waals surface area contributed by atoms with Crippen LogP contribution in [-0.4, -0.2) is 52.9 Å². The number of halogens is 1. The maximum absolute atomic E-state index is 12.3. The van der Waals surface area contributed by atoms with Crippen molar-refractivity contribution in [3.63, 3.8) is 0 Å². The SMILES string of the molecule is O=C1NCC2(CCC2)c2cc(-c3nc(N[C@@H]4CCOC[C@H]4O)ncc3Cl)ccc21. The van der Waals surface area contributed by atoms with Gasteiger partial charge >= 0.3 is 0 Å². The average molecular weight is 415 g/mol. The third kappa shape index (κ3) is 3.27. The molecule has 1 saturated carbocycles. The number of aromatic nitrogens is 2. The monoisotopic (exact) mass is 414 g/mol. The molecule has 152 valence electrons. The van der Waals surface area contributed by atoms with Gasteiger partial charge in [0, 0.05) is 29.7 Å². The van der Waals surface area contributed by atoms with Crippen molar-refractivity contribution in [2.45, 2.75) is 43.2 Å². The van der Waals surface area contributed by atoms with Crippen molar-refractivity contribution in [2.24, 2.45) is 0 Å². The molecule has 1 aliphatic carbocycles. The van der Waals surface area contributed by atoms with Gasteiger partial charge < -0.3 is 20.5 Å². The zero-order valence-corrected chi connectivity index (χ0v) is 16.7. The van der Waals surface area contributed by atoms with Crippen LogP contribution in [-0.2, 0) is 10.2 Å². The molecular weight excluding hydrogens is 392 g/mol. The summed E-state index contributed by atoms with van der Waals surface area (Å²) in [4.78, 5) is 21.2. The van der Waals surface area contributed by atoms with Gasteiger partial charge in [0.2, 0.25) is 5.95 Å². The highest BCUT2D eigenvalue weighted by molar-refractivity contribution is 6.32. The smallest absolute Gasteiger partial charge is 0.251 e. The molecule has 5 rings (SSSR count). The molecule has 0 unspecified atom stereocenters. The fourth-order valence-electron chi connectivity index (χ4n) is 4.51. The van der Waals surface area contributed by atoms with E-state index >= 15 is 0 Å². The molecule has 2 atom stereocenters. The number of fused-ring (bicyclic) bond motifs is 2. The Morgan fingerprint density at radius 2 is 2.21 bits per heavy atom. The lowest BCUT2D eigenvalue weighted by Crippen LogP contribution is -2.50. The van der Waals surface area contributed by atoms with Crippen molar-refractivity contribution >= 4 is 23.5 Å². The Morgan fingerprint density at radius 3 is 2.97 bits per heavy atom. The number of anilines is 1. The number of amides is 1. The van der Waals surface area contributed by atoms with Gasteiger partial charge in [-0.05, 0) is 37.0 Å². The molecule has 1 aromatic heterocycles. The highest BCUT2D eigenvalue weighted by Gasteiger charge is 2.44. The van der Waals surface area contributed by atoms with Crippen LogP contribution in [0, 0.1) is 0 Å². The van der Waals surface area contributed by atoms with Crippen LogP contribution in [0.1, 0.15) is 41.6 Å². The number of aliphatic hydroxyl groups excluding tert-OH is 1. The molecule has 8 heteroatoms. The molecule has 1 spiro atoms. The van der Waals surface area contributed by atoms with Crippen molar-refractivity contribution in [1.82, 2.24) is 15.3 Å². The minimum Gasteiger partial charge on any atom is -0.389 e. The van der Waals surface area contributed by atoms with Crippen molar-refractivity contribution in [2.75, 3.05) is 25.1 Å². The molecule has 29 heavy (non-hydrogen) atoms. The standard InChI is InChI=1S/C21H23ClN4O3/c22-15-9-23-20(25-16-4-7-29-10-17(16)27)26-18(15)12-2-3-13-14(8-12)21(5-1-6-21)11-24-19(13)28/h2-3,8-9,16-17,27H,1,4-7,10-11H2,(H,24,28)(H,23,25,26)/t16-,17-/m1/s1. The fraction of sp³-hybridized carbons (Fsp3) is 0.476. The average Bonchev–Trinajstić information content (AvgIpc) is 2.70. The van der Waals surface area contributed by atoms with Gasteiger partial charge in [0.15, 0.2) is 0 Å². The van der Waals surface area contributed by atoms with Crippen LogP contribution in [0.3, 0.4) is 0 Å². The van der Waals surface area contributed by atoms with E-state index in [2.05, 4.69) is 26.7 Å². The van der Waals surface area contributed by atoms with E-state index in [1.165, 1.54) is 6.42 Å². The number of carbonyl (C=O) groups is 1. The van der Waals surface area contributed by atoms with Gasteiger partial charge in [0.1, 0.15) is 0 Å². The Balaban J connectivity index is 1.49. The number of nitrogens with zero attached hydrogens (tertiary/aromatic N) is 2.